The molecule has 1 unspecified atom stereocenters. The van der Waals surface area contributed by atoms with Gasteiger partial charge in [-0.05, 0) is 79.9 Å². The predicted molar refractivity (Wildman–Crippen MR) is 190 cm³/mol. The SMILES string of the molecule is CCOC(=O)C(C)Oc1ccc(SCc2sc(-c3ccc(C(F)(F)F)cc3)nc2CN2CCN(c3ccc(OC)cc3)CC2)cc1C(C)C. The Labute approximate surface area is 294 Å². The second-order valence-electron chi connectivity index (χ2n) is 12.1. The van der Waals surface area contributed by atoms with E-state index in [1.165, 1.54) is 23.5 Å². The lowest BCUT2D eigenvalue weighted by Gasteiger charge is -2.36. The number of alkyl halides is 3. The van der Waals surface area contributed by atoms with Gasteiger partial charge in [0, 0.05) is 59.5 Å². The number of esters is 1. The molecule has 1 saturated heterocycles. The number of carbonyl (C=O) groups is 1. The molecule has 2 heterocycles. The lowest BCUT2D eigenvalue weighted by atomic mass is 10.0. The molecule has 0 saturated carbocycles. The Hall–Kier alpha value is -3.74. The van der Waals surface area contributed by atoms with Gasteiger partial charge >= 0.3 is 12.1 Å². The Morgan fingerprint density at radius 3 is 2.29 bits per heavy atom. The van der Waals surface area contributed by atoms with Crippen LogP contribution in [0.15, 0.2) is 71.6 Å². The van der Waals surface area contributed by atoms with Crippen LogP contribution in [0.5, 0.6) is 11.5 Å². The fraction of sp³-hybridized carbons (Fsp3) is 0.405. The van der Waals surface area contributed by atoms with Gasteiger partial charge in [0.2, 0.25) is 0 Å². The van der Waals surface area contributed by atoms with Crippen LogP contribution in [0.4, 0.5) is 18.9 Å². The van der Waals surface area contributed by atoms with E-state index in [0.29, 0.717) is 35.2 Å². The van der Waals surface area contributed by atoms with Gasteiger partial charge in [-0.25, -0.2) is 9.78 Å². The topological polar surface area (TPSA) is 64.1 Å². The van der Waals surface area contributed by atoms with Gasteiger partial charge in [-0.15, -0.1) is 23.1 Å². The number of halogens is 3. The summed E-state index contributed by atoms with van der Waals surface area (Å²) in [7, 11) is 1.66. The maximum Gasteiger partial charge on any atom is 0.416 e. The number of rotatable bonds is 13. The van der Waals surface area contributed by atoms with E-state index in [1.807, 2.05) is 24.3 Å². The van der Waals surface area contributed by atoms with E-state index in [2.05, 4.69) is 41.8 Å². The first-order chi connectivity index (χ1) is 23.4. The molecule has 1 aromatic heterocycles. The summed E-state index contributed by atoms with van der Waals surface area (Å²) in [4.78, 5) is 24.0. The highest BCUT2D eigenvalue weighted by Crippen LogP contribution is 2.38. The number of thiazole rings is 1. The van der Waals surface area contributed by atoms with Crippen LogP contribution in [-0.4, -0.2) is 61.9 Å². The summed E-state index contributed by atoms with van der Waals surface area (Å²) >= 11 is 3.20. The number of anilines is 1. The van der Waals surface area contributed by atoms with Crippen LogP contribution in [0.2, 0.25) is 0 Å². The summed E-state index contributed by atoms with van der Waals surface area (Å²) in [5, 5.41) is 0.704. The van der Waals surface area contributed by atoms with Gasteiger partial charge in [0.1, 0.15) is 16.5 Å². The molecule has 49 heavy (non-hydrogen) atoms. The van der Waals surface area contributed by atoms with Gasteiger partial charge in [-0.1, -0.05) is 26.0 Å². The standard InChI is InChI=1S/C37H42F3N3O4S2/c1-6-46-36(44)25(4)47-33-16-15-30(21-31(33)24(2)3)48-23-34-32(41-35(49-34)26-7-9-27(10-8-26)37(38,39)40)22-42-17-19-43(20-18-42)28-11-13-29(45-5)14-12-28/h7-16,21,24-25H,6,17-20,22-23H2,1-5H3. The van der Waals surface area contributed by atoms with Crippen molar-refractivity contribution in [2.45, 2.75) is 63.1 Å². The van der Waals surface area contributed by atoms with E-state index in [1.54, 1.807) is 32.7 Å². The molecule has 0 radical (unpaired) electrons. The molecule has 0 aliphatic carbocycles. The Morgan fingerprint density at radius 2 is 1.67 bits per heavy atom. The molecule has 12 heteroatoms. The van der Waals surface area contributed by atoms with Crippen LogP contribution in [0.1, 0.15) is 55.3 Å². The number of methoxy groups -OCH3 is 1. The normalized spacial score (nSPS) is 14.6. The van der Waals surface area contributed by atoms with Crippen LogP contribution in [0.3, 0.4) is 0 Å². The largest absolute Gasteiger partial charge is 0.497 e. The minimum atomic E-state index is -4.39. The Balaban J connectivity index is 1.33. The summed E-state index contributed by atoms with van der Waals surface area (Å²) in [5.74, 6) is 1.88. The molecule has 0 amide bonds. The third-order valence-corrected chi connectivity index (χ3v) is 10.7. The van der Waals surface area contributed by atoms with Crippen LogP contribution in [0, 0.1) is 0 Å². The van der Waals surface area contributed by atoms with Crippen LogP contribution >= 0.6 is 23.1 Å². The molecule has 4 aromatic rings. The maximum atomic E-state index is 13.3. The molecule has 1 atom stereocenters. The molecular formula is C37H42F3N3O4S2. The van der Waals surface area contributed by atoms with Crippen LogP contribution < -0.4 is 14.4 Å². The number of hydrogen-bond acceptors (Lipinski definition) is 9. The summed E-state index contributed by atoms with van der Waals surface area (Å²) in [5.41, 5.74) is 3.08. The molecule has 3 aromatic carbocycles. The fourth-order valence-corrected chi connectivity index (χ4v) is 7.66. The number of nitrogens with zero attached hydrogens (tertiary/aromatic N) is 3. The van der Waals surface area contributed by atoms with Crippen molar-refractivity contribution in [3.05, 3.63) is 88.4 Å². The number of benzene rings is 3. The monoisotopic (exact) mass is 713 g/mol. The number of ether oxygens (including phenoxy) is 3. The maximum absolute atomic E-state index is 13.3. The first kappa shape index (κ1) is 36.5. The molecule has 1 aliphatic heterocycles. The van der Waals surface area contributed by atoms with Crippen molar-refractivity contribution >= 4 is 34.8 Å². The lowest BCUT2D eigenvalue weighted by molar-refractivity contribution is -0.150. The smallest absolute Gasteiger partial charge is 0.416 e. The number of aromatic nitrogens is 1. The first-order valence-corrected chi connectivity index (χ1v) is 18.1. The van der Waals surface area contributed by atoms with Crippen LogP contribution in [-0.2, 0) is 28.0 Å². The molecule has 262 valence electrons. The molecule has 0 spiro atoms. The molecule has 5 rings (SSSR count). The third-order valence-electron chi connectivity index (χ3n) is 8.32. The lowest BCUT2D eigenvalue weighted by Crippen LogP contribution is -2.46. The molecule has 0 N–H and O–H groups in total. The van der Waals surface area contributed by atoms with Gasteiger partial charge in [-0.2, -0.15) is 13.2 Å². The molecular weight excluding hydrogens is 672 g/mol. The van der Waals surface area contributed by atoms with Crippen molar-refractivity contribution in [1.29, 1.82) is 0 Å². The summed E-state index contributed by atoms with van der Waals surface area (Å²) in [6, 6.07) is 19.3. The highest BCUT2D eigenvalue weighted by Gasteiger charge is 2.30. The van der Waals surface area contributed by atoms with E-state index in [9.17, 15) is 18.0 Å². The fourth-order valence-electron chi connectivity index (χ4n) is 5.54. The molecule has 1 aliphatic rings. The zero-order chi connectivity index (χ0) is 35.1. The van der Waals surface area contributed by atoms with Gasteiger partial charge < -0.3 is 19.1 Å². The second-order valence-corrected chi connectivity index (χ2v) is 14.2. The van der Waals surface area contributed by atoms with Gasteiger partial charge in [-0.3, -0.25) is 4.90 Å². The minimum absolute atomic E-state index is 0.159. The van der Waals surface area contributed by atoms with Gasteiger partial charge in [0.05, 0.1) is 25.0 Å². The number of carbonyl (C=O) groups excluding carboxylic acids is 1. The van der Waals surface area contributed by atoms with Gasteiger partial charge in [0.15, 0.2) is 6.10 Å². The van der Waals surface area contributed by atoms with E-state index in [0.717, 1.165) is 70.8 Å². The zero-order valence-electron chi connectivity index (χ0n) is 28.4. The van der Waals surface area contributed by atoms with E-state index in [4.69, 9.17) is 19.2 Å². The second kappa shape index (κ2) is 16.3. The molecule has 7 nitrogen and oxygen atoms in total. The van der Waals surface area contributed by atoms with E-state index >= 15 is 0 Å². The number of thioether (sulfide) groups is 1. The predicted octanol–water partition coefficient (Wildman–Crippen LogP) is 8.91. The number of piperazine rings is 1. The molecule has 1 fully saturated rings. The average Bonchev–Trinajstić information content (AvgIpc) is 3.50. The summed E-state index contributed by atoms with van der Waals surface area (Å²) < 4.78 is 56.2. The number of hydrogen-bond donors (Lipinski definition) is 0. The zero-order valence-corrected chi connectivity index (χ0v) is 30.0. The Bertz CT molecular complexity index is 1690. The van der Waals surface area contributed by atoms with Crippen LogP contribution in [0.25, 0.3) is 10.6 Å². The quantitative estimate of drug-likeness (QED) is 0.101. The van der Waals surface area contributed by atoms with Crippen molar-refractivity contribution in [3.63, 3.8) is 0 Å². The third kappa shape index (κ3) is 9.49. The summed E-state index contributed by atoms with van der Waals surface area (Å²) in [6.45, 7) is 12.0. The van der Waals surface area contributed by atoms with E-state index < -0.39 is 23.8 Å². The van der Waals surface area contributed by atoms with Gasteiger partial charge in [0.25, 0.3) is 0 Å². The first-order valence-electron chi connectivity index (χ1n) is 16.3. The Kier molecular flexibility index (Phi) is 12.2. The average molecular weight is 714 g/mol. The van der Waals surface area contributed by atoms with Crippen molar-refractivity contribution in [1.82, 2.24) is 9.88 Å². The van der Waals surface area contributed by atoms with Crippen molar-refractivity contribution in [2.24, 2.45) is 0 Å². The minimum Gasteiger partial charge on any atom is -0.497 e. The summed E-state index contributed by atoms with van der Waals surface area (Å²) in [6.07, 6.45) is -5.12. The Morgan fingerprint density at radius 1 is 0.980 bits per heavy atom. The highest BCUT2D eigenvalue weighted by atomic mass is 32.2. The highest BCUT2D eigenvalue weighted by molar-refractivity contribution is 7.98. The van der Waals surface area contributed by atoms with Crippen molar-refractivity contribution in [2.75, 3.05) is 44.8 Å². The molecule has 0 bridgehead atoms. The van der Waals surface area contributed by atoms with Crippen molar-refractivity contribution in [3.8, 4) is 22.1 Å². The van der Waals surface area contributed by atoms with Crippen molar-refractivity contribution < 1.29 is 32.2 Å². The van der Waals surface area contributed by atoms with E-state index in [-0.39, 0.29) is 5.92 Å².